The van der Waals surface area contributed by atoms with Crippen LogP contribution in [0.1, 0.15) is 6.92 Å². The minimum absolute atomic E-state index is 0.0411. The molecule has 1 aromatic carbocycles. The molecule has 0 aliphatic heterocycles. The molecule has 1 atom stereocenters. The summed E-state index contributed by atoms with van der Waals surface area (Å²) >= 11 is 5.79. The standard InChI is InChI=1S/C10H14ClNO4S/c1-7(13)6-12-17(14,15)8-3-4-9(11)10(5-8)16-2/h3-5,7,12-13H,6H2,1-2H3. The number of hydrogen-bond donors (Lipinski definition) is 2. The van der Waals surface area contributed by atoms with Crippen LogP contribution < -0.4 is 9.46 Å². The summed E-state index contributed by atoms with van der Waals surface area (Å²) in [4.78, 5) is 0.0411. The molecule has 0 amide bonds. The molecule has 0 aromatic heterocycles. The van der Waals surface area contributed by atoms with Crippen molar-refractivity contribution in [1.82, 2.24) is 4.72 Å². The normalized spacial score (nSPS) is 13.4. The van der Waals surface area contributed by atoms with Crippen LogP contribution in [0.2, 0.25) is 5.02 Å². The Kier molecular flexibility index (Phi) is 4.76. The van der Waals surface area contributed by atoms with E-state index in [4.69, 9.17) is 21.4 Å². The van der Waals surface area contributed by atoms with Crippen LogP contribution >= 0.6 is 11.6 Å². The average molecular weight is 280 g/mol. The van der Waals surface area contributed by atoms with E-state index in [9.17, 15) is 8.42 Å². The fraction of sp³-hybridized carbons (Fsp3) is 0.400. The zero-order chi connectivity index (χ0) is 13.1. The number of halogens is 1. The van der Waals surface area contributed by atoms with Gasteiger partial charge in [-0.3, -0.25) is 0 Å². The zero-order valence-electron chi connectivity index (χ0n) is 9.47. The number of ether oxygens (including phenoxy) is 1. The predicted molar refractivity (Wildman–Crippen MR) is 64.9 cm³/mol. The van der Waals surface area contributed by atoms with Gasteiger partial charge in [-0.2, -0.15) is 0 Å². The van der Waals surface area contributed by atoms with Crippen LogP contribution in [0.15, 0.2) is 23.1 Å². The Hall–Kier alpha value is -0.820. The van der Waals surface area contributed by atoms with Crippen LogP contribution in [0.25, 0.3) is 0 Å². The maximum Gasteiger partial charge on any atom is 0.240 e. The molecule has 5 nitrogen and oxygen atoms in total. The molecule has 1 unspecified atom stereocenters. The third-order valence-corrected chi connectivity index (χ3v) is 3.74. The molecule has 1 aromatic rings. The Labute approximate surface area is 105 Å². The monoisotopic (exact) mass is 279 g/mol. The van der Waals surface area contributed by atoms with Crippen LogP contribution in [-0.4, -0.2) is 33.3 Å². The van der Waals surface area contributed by atoms with Crippen molar-refractivity contribution in [1.29, 1.82) is 0 Å². The van der Waals surface area contributed by atoms with E-state index < -0.39 is 16.1 Å². The quantitative estimate of drug-likeness (QED) is 0.843. The van der Waals surface area contributed by atoms with Crippen molar-refractivity contribution in [2.75, 3.05) is 13.7 Å². The summed E-state index contributed by atoms with van der Waals surface area (Å²) in [6, 6.07) is 4.14. The fourth-order valence-electron chi connectivity index (χ4n) is 1.12. The number of methoxy groups -OCH3 is 1. The molecule has 2 N–H and O–H groups in total. The molecular weight excluding hydrogens is 266 g/mol. The molecule has 0 aliphatic carbocycles. The van der Waals surface area contributed by atoms with E-state index in [0.717, 1.165) is 0 Å². The molecule has 0 saturated carbocycles. The molecule has 0 radical (unpaired) electrons. The number of nitrogens with one attached hydrogen (secondary N) is 1. The highest BCUT2D eigenvalue weighted by Crippen LogP contribution is 2.26. The Balaban J connectivity index is 2.99. The fourth-order valence-corrected chi connectivity index (χ4v) is 2.45. The smallest absolute Gasteiger partial charge is 0.240 e. The second-order valence-electron chi connectivity index (χ2n) is 3.50. The molecule has 0 aliphatic rings. The van der Waals surface area contributed by atoms with Crippen molar-refractivity contribution in [2.45, 2.75) is 17.9 Å². The molecule has 96 valence electrons. The molecule has 7 heteroatoms. The summed E-state index contributed by atoms with van der Waals surface area (Å²) in [5, 5.41) is 9.37. The number of rotatable bonds is 5. The van der Waals surface area contributed by atoms with Gasteiger partial charge < -0.3 is 9.84 Å². The maximum absolute atomic E-state index is 11.8. The third kappa shape index (κ3) is 3.85. The Morgan fingerprint density at radius 3 is 2.71 bits per heavy atom. The Morgan fingerprint density at radius 1 is 1.53 bits per heavy atom. The lowest BCUT2D eigenvalue weighted by molar-refractivity contribution is 0.198. The molecule has 0 bridgehead atoms. The maximum atomic E-state index is 11.8. The molecule has 1 rings (SSSR count). The van der Waals surface area contributed by atoms with Gasteiger partial charge in [0.15, 0.2) is 0 Å². The third-order valence-electron chi connectivity index (χ3n) is 2.00. The first kappa shape index (κ1) is 14.2. The number of benzene rings is 1. The Morgan fingerprint density at radius 2 is 2.18 bits per heavy atom. The van der Waals surface area contributed by atoms with Gasteiger partial charge in [-0.25, -0.2) is 13.1 Å². The number of sulfonamides is 1. The first-order chi connectivity index (χ1) is 7.86. The lowest BCUT2D eigenvalue weighted by Crippen LogP contribution is -2.30. The van der Waals surface area contributed by atoms with Crippen molar-refractivity contribution in [2.24, 2.45) is 0 Å². The van der Waals surface area contributed by atoms with Crippen LogP contribution in [0.5, 0.6) is 5.75 Å². The van der Waals surface area contributed by atoms with Crippen molar-refractivity contribution >= 4 is 21.6 Å². The van der Waals surface area contributed by atoms with E-state index >= 15 is 0 Å². The summed E-state index contributed by atoms with van der Waals surface area (Å²) in [5.74, 6) is 0.284. The number of hydrogen-bond acceptors (Lipinski definition) is 4. The lowest BCUT2D eigenvalue weighted by Gasteiger charge is -2.10. The first-order valence-corrected chi connectivity index (χ1v) is 6.74. The van der Waals surface area contributed by atoms with Crippen molar-refractivity contribution < 1.29 is 18.3 Å². The largest absolute Gasteiger partial charge is 0.495 e. The second kappa shape index (κ2) is 5.68. The van der Waals surface area contributed by atoms with E-state index in [-0.39, 0.29) is 17.2 Å². The summed E-state index contributed by atoms with van der Waals surface area (Å²) in [6.45, 7) is 1.44. The number of aliphatic hydroxyl groups excluding tert-OH is 1. The van der Waals surface area contributed by atoms with Gasteiger partial charge in [0, 0.05) is 12.6 Å². The van der Waals surface area contributed by atoms with Gasteiger partial charge in [0.25, 0.3) is 0 Å². The highest BCUT2D eigenvalue weighted by Gasteiger charge is 2.16. The molecule has 17 heavy (non-hydrogen) atoms. The Bertz CT molecular complexity index is 487. The topological polar surface area (TPSA) is 75.6 Å². The zero-order valence-corrected chi connectivity index (χ0v) is 11.0. The van der Waals surface area contributed by atoms with Crippen LogP contribution in [-0.2, 0) is 10.0 Å². The van der Waals surface area contributed by atoms with Crippen LogP contribution in [0.4, 0.5) is 0 Å². The van der Waals surface area contributed by atoms with Gasteiger partial charge in [0.2, 0.25) is 10.0 Å². The van der Waals surface area contributed by atoms with Gasteiger partial charge in [0.05, 0.1) is 23.1 Å². The van der Waals surface area contributed by atoms with E-state index in [1.165, 1.54) is 32.2 Å². The highest BCUT2D eigenvalue weighted by atomic mass is 35.5. The molecule has 0 spiro atoms. The van der Waals surface area contributed by atoms with E-state index in [1.807, 2.05) is 0 Å². The van der Waals surface area contributed by atoms with Crippen molar-refractivity contribution in [3.8, 4) is 5.75 Å². The summed E-state index contributed by atoms with van der Waals surface area (Å²) in [5.41, 5.74) is 0. The second-order valence-corrected chi connectivity index (χ2v) is 5.67. The minimum atomic E-state index is -3.65. The summed E-state index contributed by atoms with van der Waals surface area (Å²) in [7, 11) is -2.25. The van der Waals surface area contributed by atoms with Crippen molar-refractivity contribution in [3.05, 3.63) is 23.2 Å². The van der Waals surface area contributed by atoms with Gasteiger partial charge in [-0.1, -0.05) is 11.6 Å². The van der Waals surface area contributed by atoms with E-state index in [1.54, 1.807) is 0 Å². The number of aliphatic hydroxyl groups is 1. The van der Waals surface area contributed by atoms with Crippen LogP contribution in [0.3, 0.4) is 0 Å². The summed E-state index contributed by atoms with van der Waals surface area (Å²) in [6.07, 6.45) is -0.751. The highest BCUT2D eigenvalue weighted by molar-refractivity contribution is 7.89. The van der Waals surface area contributed by atoms with Gasteiger partial charge >= 0.3 is 0 Å². The SMILES string of the molecule is COc1cc(S(=O)(=O)NCC(C)O)ccc1Cl. The summed E-state index contributed by atoms with van der Waals surface area (Å²) < 4.78 is 30.8. The molecular formula is C10H14ClNO4S. The van der Waals surface area contributed by atoms with E-state index in [2.05, 4.69) is 4.72 Å². The van der Waals surface area contributed by atoms with Crippen molar-refractivity contribution in [3.63, 3.8) is 0 Å². The van der Waals surface area contributed by atoms with Gasteiger partial charge in [0.1, 0.15) is 5.75 Å². The average Bonchev–Trinajstić information content (AvgIpc) is 2.27. The van der Waals surface area contributed by atoms with Gasteiger partial charge in [-0.15, -0.1) is 0 Å². The molecule has 0 fully saturated rings. The van der Waals surface area contributed by atoms with Gasteiger partial charge in [-0.05, 0) is 19.1 Å². The molecule has 0 heterocycles. The predicted octanol–water partition coefficient (Wildman–Crippen LogP) is 1.01. The first-order valence-electron chi connectivity index (χ1n) is 4.88. The van der Waals surface area contributed by atoms with Crippen LogP contribution in [0, 0.1) is 0 Å². The van der Waals surface area contributed by atoms with E-state index in [0.29, 0.717) is 5.02 Å². The lowest BCUT2D eigenvalue weighted by atomic mass is 10.3. The minimum Gasteiger partial charge on any atom is -0.495 e. The molecule has 0 saturated heterocycles.